The summed E-state index contributed by atoms with van der Waals surface area (Å²) in [4.78, 5) is 25.0. The van der Waals surface area contributed by atoms with E-state index in [1.807, 2.05) is 20.8 Å². The van der Waals surface area contributed by atoms with Crippen LogP contribution in [0, 0.1) is 5.41 Å². The maximum absolute atomic E-state index is 12.7. The number of amides is 2. The molecule has 0 aliphatic rings. The monoisotopic (exact) mass is 362 g/mol. The first-order valence-corrected chi connectivity index (χ1v) is 8.45. The van der Waals surface area contributed by atoms with Crippen molar-refractivity contribution in [3.8, 4) is 11.5 Å². The molecule has 0 unspecified atom stereocenters. The van der Waals surface area contributed by atoms with Crippen LogP contribution in [0.5, 0.6) is 11.5 Å². The number of ether oxygens (including phenoxy) is 2. The van der Waals surface area contributed by atoms with Gasteiger partial charge in [0.05, 0.1) is 14.2 Å². The zero-order valence-corrected chi connectivity index (χ0v) is 16.9. The van der Waals surface area contributed by atoms with E-state index in [0.717, 1.165) is 0 Å². The second-order valence-electron chi connectivity index (χ2n) is 8.08. The van der Waals surface area contributed by atoms with E-state index >= 15 is 0 Å². The van der Waals surface area contributed by atoms with Crippen molar-refractivity contribution in [1.29, 1.82) is 0 Å². The molecule has 0 radical (unpaired) electrons. The second kappa shape index (κ2) is 8.25. The average molecular weight is 362 g/mol. The molecular formula is C20H30N2O4. The summed E-state index contributed by atoms with van der Waals surface area (Å²) in [5.74, 6) is 0.529. The summed E-state index contributed by atoms with van der Waals surface area (Å²) in [5, 5.41) is 5.60. The van der Waals surface area contributed by atoms with Crippen LogP contribution in [0.1, 0.15) is 47.1 Å². The number of nitrogens with one attached hydrogen (secondary N) is 2. The van der Waals surface area contributed by atoms with Crippen molar-refractivity contribution in [2.75, 3.05) is 14.2 Å². The third-order valence-corrected chi connectivity index (χ3v) is 3.38. The van der Waals surface area contributed by atoms with Gasteiger partial charge in [0.25, 0.3) is 5.91 Å². The van der Waals surface area contributed by atoms with Crippen molar-refractivity contribution < 1.29 is 19.1 Å². The lowest BCUT2D eigenvalue weighted by Gasteiger charge is -2.24. The predicted molar refractivity (Wildman–Crippen MR) is 103 cm³/mol. The molecule has 0 heterocycles. The molecule has 0 bridgehead atoms. The quantitative estimate of drug-likeness (QED) is 0.789. The van der Waals surface area contributed by atoms with E-state index in [9.17, 15) is 9.59 Å². The highest BCUT2D eigenvalue weighted by molar-refractivity contribution is 6.02. The van der Waals surface area contributed by atoms with Crippen molar-refractivity contribution in [2.45, 2.75) is 47.1 Å². The molecule has 0 aromatic heterocycles. The van der Waals surface area contributed by atoms with Gasteiger partial charge in [-0.3, -0.25) is 9.59 Å². The van der Waals surface area contributed by atoms with Gasteiger partial charge in [0.1, 0.15) is 5.70 Å². The second-order valence-corrected chi connectivity index (χ2v) is 8.08. The molecule has 2 N–H and O–H groups in total. The number of hydrogen-bond donors (Lipinski definition) is 2. The van der Waals surface area contributed by atoms with Crippen molar-refractivity contribution in [2.24, 2.45) is 5.41 Å². The first-order valence-electron chi connectivity index (χ1n) is 8.45. The molecule has 0 saturated carbocycles. The highest BCUT2D eigenvalue weighted by Gasteiger charge is 2.25. The van der Waals surface area contributed by atoms with Gasteiger partial charge in [-0.25, -0.2) is 0 Å². The normalized spacial score (nSPS) is 12.4. The Hall–Kier alpha value is -2.50. The van der Waals surface area contributed by atoms with Gasteiger partial charge in [0.2, 0.25) is 5.91 Å². The summed E-state index contributed by atoms with van der Waals surface area (Å²) in [7, 11) is 3.10. The van der Waals surface area contributed by atoms with Crippen LogP contribution in [-0.2, 0) is 9.59 Å². The van der Waals surface area contributed by atoms with E-state index in [1.165, 1.54) is 0 Å². The number of carbonyl (C=O) groups excluding carboxylic acids is 2. The Balaban J connectivity index is 3.28. The molecular weight excluding hydrogens is 332 g/mol. The lowest BCUT2D eigenvalue weighted by Crippen LogP contribution is -2.46. The Bertz CT molecular complexity index is 695. The van der Waals surface area contributed by atoms with Gasteiger partial charge in [-0.2, -0.15) is 0 Å². The number of methoxy groups -OCH3 is 2. The minimum absolute atomic E-state index is 0.173. The standard InChI is InChI=1S/C20H30N2O4/c1-19(2,3)18(24)21-14(17(23)22-20(4,5)6)11-13-9-10-15(25-7)16(12-13)26-8/h9-12H,1-8H3,(H,21,24)(H,22,23)/b14-11+. The van der Waals surface area contributed by atoms with Gasteiger partial charge in [-0.1, -0.05) is 26.8 Å². The van der Waals surface area contributed by atoms with E-state index in [1.54, 1.807) is 59.3 Å². The largest absolute Gasteiger partial charge is 0.493 e. The molecule has 1 aromatic carbocycles. The number of hydrogen-bond acceptors (Lipinski definition) is 4. The first kappa shape index (κ1) is 21.5. The van der Waals surface area contributed by atoms with Crippen LogP contribution in [0.15, 0.2) is 23.9 Å². The van der Waals surface area contributed by atoms with Crippen LogP contribution in [0.2, 0.25) is 0 Å². The van der Waals surface area contributed by atoms with E-state index < -0.39 is 11.0 Å². The van der Waals surface area contributed by atoms with E-state index in [4.69, 9.17) is 9.47 Å². The Morgan fingerprint density at radius 1 is 0.962 bits per heavy atom. The smallest absolute Gasteiger partial charge is 0.268 e. The fraction of sp³-hybridized carbons (Fsp3) is 0.500. The highest BCUT2D eigenvalue weighted by atomic mass is 16.5. The molecule has 6 nitrogen and oxygen atoms in total. The average Bonchev–Trinajstić information content (AvgIpc) is 2.51. The van der Waals surface area contributed by atoms with E-state index in [0.29, 0.717) is 17.1 Å². The van der Waals surface area contributed by atoms with Gasteiger partial charge in [0, 0.05) is 11.0 Å². The van der Waals surface area contributed by atoms with Crippen molar-refractivity contribution in [3.63, 3.8) is 0 Å². The molecule has 2 amide bonds. The summed E-state index contributed by atoms with van der Waals surface area (Å²) in [6.07, 6.45) is 1.62. The van der Waals surface area contributed by atoms with Gasteiger partial charge < -0.3 is 20.1 Å². The Labute approximate surface area is 156 Å². The Morgan fingerprint density at radius 3 is 2.00 bits per heavy atom. The van der Waals surface area contributed by atoms with Crippen molar-refractivity contribution in [1.82, 2.24) is 10.6 Å². The molecule has 0 saturated heterocycles. The predicted octanol–water partition coefficient (Wildman–Crippen LogP) is 3.12. The van der Waals surface area contributed by atoms with Crippen LogP contribution >= 0.6 is 0 Å². The topological polar surface area (TPSA) is 76.7 Å². The molecule has 26 heavy (non-hydrogen) atoms. The Kier molecular flexibility index (Phi) is 6.84. The number of rotatable bonds is 5. The summed E-state index contributed by atoms with van der Waals surface area (Å²) in [6.45, 7) is 11.0. The minimum atomic E-state index is -0.626. The Morgan fingerprint density at radius 2 is 1.54 bits per heavy atom. The fourth-order valence-electron chi connectivity index (χ4n) is 1.99. The summed E-state index contributed by atoms with van der Waals surface area (Å²) in [5.41, 5.74) is -0.179. The van der Waals surface area contributed by atoms with Gasteiger partial charge in [0.15, 0.2) is 11.5 Å². The van der Waals surface area contributed by atoms with Crippen LogP contribution in [-0.4, -0.2) is 31.6 Å². The molecule has 1 aromatic rings. The lowest BCUT2D eigenvalue weighted by atomic mass is 9.95. The van der Waals surface area contributed by atoms with Crippen LogP contribution in [0.25, 0.3) is 6.08 Å². The number of carbonyl (C=O) groups is 2. The van der Waals surface area contributed by atoms with E-state index in [2.05, 4.69) is 10.6 Å². The maximum atomic E-state index is 12.7. The highest BCUT2D eigenvalue weighted by Crippen LogP contribution is 2.28. The van der Waals surface area contributed by atoms with Crippen LogP contribution < -0.4 is 20.1 Å². The van der Waals surface area contributed by atoms with Gasteiger partial charge in [-0.05, 0) is 44.5 Å². The van der Waals surface area contributed by atoms with Crippen molar-refractivity contribution >= 4 is 17.9 Å². The summed E-state index contributed by atoms with van der Waals surface area (Å²) in [6, 6.07) is 5.27. The first-order chi connectivity index (χ1) is 11.9. The van der Waals surface area contributed by atoms with Crippen LogP contribution in [0.3, 0.4) is 0 Å². The zero-order chi connectivity index (χ0) is 20.1. The summed E-state index contributed by atoms with van der Waals surface area (Å²) < 4.78 is 10.5. The fourth-order valence-corrected chi connectivity index (χ4v) is 1.99. The van der Waals surface area contributed by atoms with Crippen LogP contribution in [0.4, 0.5) is 0 Å². The van der Waals surface area contributed by atoms with Crippen molar-refractivity contribution in [3.05, 3.63) is 29.5 Å². The molecule has 0 aliphatic carbocycles. The maximum Gasteiger partial charge on any atom is 0.268 e. The minimum Gasteiger partial charge on any atom is -0.493 e. The lowest BCUT2D eigenvalue weighted by molar-refractivity contribution is -0.129. The third kappa shape index (κ3) is 6.43. The third-order valence-electron chi connectivity index (χ3n) is 3.38. The molecule has 144 valence electrons. The number of benzene rings is 1. The van der Waals surface area contributed by atoms with E-state index in [-0.39, 0.29) is 17.5 Å². The summed E-state index contributed by atoms with van der Waals surface area (Å²) >= 11 is 0. The molecule has 0 aliphatic heterocycles. The van der Waals surface area contributed by atoms with Gasteiger partial charge in [-0.15, -0.1) is 0 Å². The SMILES string of the molecule is COc1ccc(/C=C(/NC(=O)C(C)(C)C)C(=O)NC(C)(C)C)cc1OC. The molecule has 0 spiro atoms. The van der Waals surface area contributed by atoms with Gasteiger partial charge >= 0.3 is 0 Å². The molecule has 1 rings (SSSR count). The molecule has 0 fully saturated rings. The molecule has 6 heteroatoms. The zero-order valence-electron chi connectivity index (χ0n) is 16.9. The molecule has 0 atom stereocenters.